The van der Waals surface area contributed by atoms with Crippen LogP contribution in [-0.4, -0.2) is 5.54 Å². The topological polar surface area (TPSA) is 12.0 Å². The zero-order valence-electron chi connectivity index (χ0n) is 12.2. The van der Waals surface area contributed by atoms with E-state index in [1.165, 1.54) is 22.6 Å². The second-order valence-corrected chi connectivity index (χ2v) is 7.67. The first kappa shape index (κ1) is 14.7. The van der Waals surface area contributed by atoms with Crippen LogP contribution in [-0.2, 0) is 12.0 Å². The summed E-state index contributed by atoms with van der Waals surface area (Å²) in [6.45, 7) is 14.6. The fraction of sp³-hybridized carbons (Fsp3) is 0.733. The summed E-state index contributed by atoms with van der Waals surface area (Å²) < 4.78 is 0. The average molecular weight is 253 g/mol. The molecule has 1 N–H and O–H groups in total. The van der Waals surface area contributed by atoms with Gasteiger partial charge in [0, 0.05) is 21.8 Å². The Bertz CT molecular complexity index is 344. The van der Waals surface area contributed by atoms with E-state index in [1.54, 1.807) is 0 Å². The van der Waals surface area contributed by atoms with Crippen LogP contribution in [0.5, 0.6) is 0 Å². The third-order valence-electron chi connectivity index (χ3n) is 3.02. The second kappa shape index (κ2) is 5.53. The fourth-order valence-corrected chi connectivity index (χ4v) is 2.92. The SMILES string of the molecule is CCCC(C)(C)NCc1ccc(C(C)(C)C)s1. The third kappa shape index (κ3) is 4.81. The molecule has 0 saturated heterocycles. The second-order valence-electron chi connectivity index (χ2n) is 6.50. The highest BCUT2D eigenvalue weighted by Gasteiger charge is 2.18. The Morgan fingerprint density at radius 2 is 1.76 bits per heavy atom. The Hall–Kier alpha value is -0.340. The van der Waals surface area contributed by atoms with Crippen LogP contribution in [0.25, 0.3) is 0 Å². The Labute approximate surface area is 111 Å². The van der Waals surface area contributed by atoms with Gasteiger partial charge in [0.15, 0.2) is 0 Å². The summed E-state index contributed by atoms with van der Waals surface area (Å²) in [5.41, 5.74) is 0.530. The molecule has 1 nitrogen and oxygen atoms in total. The molecule has 0 aliphatic heterocycles. The van der Waals surface area contributed by atoms with E-state index in [1.807, 2.05) is 11.3 Å². The van der Waals surface area contributed by atoms with Crippen LogP contribution >= 0.6 is 11.3 Å². The predicted molar refractivity (Wildman–Crippen MR) is 78.8 cm³/mol. The lowest BCUT2D eigenvalue weighted by atomic mass is 9.95. The van der Waals surface area contributed by atoms with Gasteiger partial charge in [0.05, 0.1) is 0 Å². The Kier molecular flexibility index (Phi) is 4.79. The van der Waals surface area contributed by atoms with E-state index >= 15 is 0 Å². The zero-order valence-corrected chi connectivity index (χ0v) is 13.0. The summed E-state index contributed by atoms with van der Waals surface area (Å²) in [6, 6.07) is 4.54. The molecule has 98 valence electrons. The molecule has 0 bridgehead atoms. The van der Waals surface area contributed by atoms with Crippen LogP contribution in [0.4, 0.5) is 0 Å². The number of hydrogen-bond acceptors (Lipinski definition) is 2. The smallest absolute Gasteiger partial charge is 0.0304 e. The molecule has 2 heteroatoms. The highest BCUT2D eigenvalue weighted by Crippen LogP contribution is 2.29. The number of hydrogen-bond donors (Lipinski definition) is 1. The molecule has 0 aromatic carbocycles. The van der Waals surface area contributed by atoms with Crippen molar-refractivity contribution in [3.63, 3.8) is 0 Å². The highest BCUT2D eigenvalue weighted by molar-refractivity contribution is 7.12. The van der Waals surface area contributed by atoms with Crippen molar-refractivity contribution in [1.29, 1.82) is 0 Å². The van der Waals surface area contributed by atoms with E-state index in [-0.39, 0.29) is 11.0 Å². The molecule has 1 heterocycles. The van der Waals surface area contributed by atoms with E-state index in [0.717, 1.165) is 6.54 Å². The summed E-state index contributed by atoms with van der Waals surface area (Å²) in [6.07, 6.45) is 2.46. The molecule has 0 atom stereocenters. The quantitative estimate of drug-likeness (QED) is 0.801. The molecule has 1 aromatic heterocycles. The number of rotatable bonds is 5. The summed E-state index contributed by atoms with van der Waals surface area (Å²) >= 11 is 1.94. The predicted octanol–water partition coefficient (Wildman–Crippen LogP) is 4.71. The van der Waals surface area contributed by atoms with Gasteiger partial charge < -0.3 is 5.32 Å². The van der Waals surface area contributed by atoms with Crippen molar-refractivity contribution in [3.8, 4) is 0 Å². The van der Waals surface area contributed by atoms with E-state index in [9.17, 15) is 0 Å². The van der Waals surface area contributed by atoms with Crippen LogP contribution in [0.3, 0.4) is 0 Å². The molecule has 17 heavy (non-hydrogen) atoms. The van der Waals surface area contributed by atoms with Crippen LogP contribution in [0.15, 0.2) is 12.1 Å². The van der Waals surface area contributed by atoms with Crippen LogP contribution in [0.1, 0.15) is 64.1 Å². The van der Waals surface area contributed by atoms with Gasteiger partial charge in [-0.15, -0.1) is 11.3 Å². The summed E-state index contributed by atoms with van der Waals surface area (Å²) in [5, 5.41) is 3.65. The van der Waals surface area contributed by atoms with Crippen molar-refractivity contribution >= 4 is 11.3 Å². The largest absolute Gasteiger partial charge is 0.307 e. The normalized spacial score (nSPS) is 13.1. The standard InChI is InChI=1S/C15H27NS/c1-7-10-15(5,6)16-11-12-8-9-13(17-12)14(2,3)4/h8-9,16H,7,10-11H2,1-6H3. The van der Waals surface area contributed by atoms with Crippen LogP contribution < -0.4 is 5.32 Å². The van der Waals surface area contributed by atoms with Gasteiger partial charge in [-0.2, -0.15) is 0 Å². The fourth-order valence-electron chi connectivity index (χ4n) is 1.92. The van der Waals surface area contributed by atoms with Gasteiger partial charge in [0.1, 0.15) is 0 Å². The van der Waals surface area contributed by atoms with Gasteiger partial charge in [-0.25, -0.2) is 0 Å². The molecule has 0 spiro atoms. The molecule has 0 radical (unpaired) electrons. The first-order valence-electron chi connectivity index (χ1n) is 6.59. The lowest BCUT2D eigenvalue weighted by molar-refractivity contribution is 0.358. The highest BCUT2D eigenvalue weighted by atomic mass is 32.1. The van der Waals surface area contributed by atoms with Gasteiger partial charge in [0.25, 0.3) is 0 Å². The van der Waals surface area contributed by atoms with E-state index in [0.29, 0.717) is 0 Å². The number of nitrogens with one attached hydrogen (secondary N) is 1. The lowest BCUT2D eigenvalue weighted by Crippen LogP contribution is -2.38. The van der Waals surface area contributed by atoms with Crippen molar-refractivity contribution in [2.75, 3.05) is 0 Å². The Balaban J connectivity index is 2.56. The molecule has 0 aliphatic rings. The van der Waals surface area contributed by atoms with Crippen molar-refractivity contribution in [2.24, 2.45) is 0 Å². The van der Waals surface area contributed by atoms with Crippen molar-refractivity contribution in [2.45, 2.75) is 71.9 Å². The molecule has 0 fully saturated rings. The molecule has 0 amide bonds. The van der Waals surface area contributed by atoms with E-state index in [4.69, 9.17) is 0 Å². The average Bonchev–Trinajstić information content (AvgIpc) is 2.62. The first-order valence-corrected chi connectivity index (χ1v) is 7.40. The molecule has 1 aromatic rings. The minimum Gasteiger partial charge on any atom is -0.307 e. The Morgan fingerprint density at radius 1 is 1.12 bits per heavy atom. The minimum atomic E-state index is 0.251. The molecule has 0 saturated carbocycles. The molecular formula is C15H27NS. The number of thiophene rings is 1. The third-order valence-corrected chi connectivity index (χ3v) is 4.53. The summed E-state index contributed by atoms with van der Waals surface area (Å²) in [5.74, 6) is 0. The van der Waals surface area contributed by atoms with Gasteiger partial charge in [0.2, 0.25) is 0 Å². The van der Waals surface area contributed by atoms with Crippen molar-refractivity contribution < 1.29 is 0 Å². The maximum Gasteiger partial charge on any atom is 0.0304 e. The van der Waals surface area contributed by atoms with E-state index < -0.39 is 0 Å². The zero-order chi connectivity index (χ0) is 13.1. The van der Waals surface area contributed by atoms with Gasteiger partial charge in [-0.1, -0.05) is 34.1 Å². The molecule has 0 aliphatic carbocycles. The lowest BCUT2D eigenvalue weighted by Gasteiger charge is -2.25. The van der Waals surface area contributed by atoms with Crippen LogP contribution in [0, 0.1) is 0 Å². The molecule has 1 rings (SSSR count). The maximum absolute atomic E-state index is 3.65. The van der Waals surface area contributed by atoms with Crippen molar-refractivity contribution in [3.05, 3.63) is 21.9 Å². The molecule has 0 unspecified atom stereocenters. The monoisotopic (exact) mass is 253 g/mol. The van der Waals surface area contributed by atoms with Gasteiger partial charge >= 0.3 is 0 Å². The van der Waals surface area contributed by atoms with Crippen molar-refractivity contribution in [1.82, 2.24) is 5.32 Å². The first-order chi connectivity index (χ1) is 7.74. The summed E-state index contributed by atoms with van der Waals surface area (Å²) in [4.78, 5) is 2.92. The minimum absolute atomic E-state index is 0.251. The molecular weight excluding hydrogens is 226 g/mol. The van der Waals surface area contributed by atoms with Gasteiger partial charge in [-0.3, -0.25) is 0 Å². The van der Waals surface area contributed by atoms with Gasteiger partial charge in [-0.05, 0) is 37.8 Å². The van der Waals surface area contributed by atoms with Crippen LogP contribution in [0.2, 0.25) is 0 Å². The van der Waals surface area contributed by atoms with E-state index in [2.05, 4.69) is 59.0 Å². The Morgan fingerprint density at radius 3 is 2.24 bits per heavy atom. The maximum atomic E-state index is 3.65. The summed E-state index contributed by atoms with van der Waals surface area (Å²) in [7, 11) is 0.